The lowest BCUT2D eigenvalue weighted by Gasteiger charge is -2.34. The fourth-order valence-corrected chi connectivity index (χ4v) is 6.06. The molecule has 1 atom stereocenters. The van der Waals surface area contributed by atoms with E-state index in [0.29, 0.717) is 29.6 Å². The molecular formula is C22H27ClN2O5S2. The lowest BCUT2D eigenvalue weighted by Crippen LogP contribution is -2.51. The van der Waals surface area contributed by atoms with Crippen molar-refractivity contribution in [3.8, 4) is 11.5 Å². The Labute approximate surface area is 198 Å². The molecule has 1 saturated heterocycles. The van der Waals surface area contributed by atoms with Gasteiger partial charge in [0.05, 0.1) is 20.0 Å². The monoisotopic (exact) mass is 498 g/mol. The topological polar surface area (TPSA) is 76.2 Å². The number of piperazine rings is 1. The zero-order valence-corrected chi connectivity index (χ0v) is 20.7. The number of ether oxygens (including phenoxy) is 2. The number of amides is 1. The van der Waals surface area contributed by atoms with Crippen LogP contribution in [0.2, 0.25) is 5.02 Å². The third kappa shape index (κ3) is 5.70. The van der Waals surface area contributed by atoms with Crippen LogP contribution in [0.1, 0.15) is 17.7 Å². The molecule has 1 fully saturated rings. The van der Waals surface area contributed by atoms with Crippen LogP contribution in [0.25, 0.3) is 0 Å². The number of nitrogens with zero attached hydrogens (tertiary/aromatic N) is 2. The van der Waals surface area contributed by atoms with Crippen molar-refractivity contribution >= 4 is 39.3 Å². The predicted molar refractivity (Wildman–Crippen MR) is 127 cm³/mol. The number of hydrogen-bond donors (Lipinski definition) is 0. The normalized spacial score (nSPS) is 15.9. The standard InChI is InChI=1S/C22H27ClN2O5S2/c1-16(17-4-6-18(23)7-5-17)31-15-22(26)24-10-12-25(13-11-24)32(27,28)21-14-19(29-2)8-9-20(21)30-3/h4-9,14,16H,10-13,15H2,1-3H3. The SMILES string of the molecule is COc1ccc(OC)c(S(=O)(=O)N2CCN(C(=O)CSC(C)c3ccc(Cl)cc3)CC2)c1. The molecule has 1 unspecified atom stereocenters. The largest absolute Gasteiger partial charge is 0.497 e. The fourth-order valence-electron chi connectivity index (χ4n) is 3.42. The van der Waals surface area contributed by atoms with Crippen LogP contribution < -0.4 is 9.47 Å². The van der Waals surface area contributed by atoms with Crippen molar-refractivity contribution in [1.82, 2.24) is 9.21 Å². The van der Waals surface area contributed by atoms with E-state index in [0.717, 1.165) is 5.56 Å². The summed E-state index contributed by atoms with van der Waals surface area (Å²) in [4.78, 5) is 14.5. The van der Waals surface area contributed by atoms with Gasteiger partial charge in [-0.25, -0.2) is 8.42 Å². The van der Waals surface area contributed by atoms with Crippen molar-refractivity contribution in [3.63, 3.8) is 0 Å². The molecule has 0 aromatic heterocycles. The Kier molecular flexibility index (Phi) is 8.32. The average molecular weight is 499 g/mol. The summed E-state index contributed by atoms with van der Waals surface area (Å²) in [5.41, 5.74) is 1.11. The van der Waals surface area contributed by atoms with E-state index in [-0.39, 0.29) is 34.9 Å². The van der Waals surface area contributed by atoms with E-state index in [1.807, 2.05) is 31.2 Å². The Hall–Kier alpha value is -1.94. The van der Waals surface area contributed by atoms with Crippen LogP contribution in [-0.2, 0) is 14.8 Å². The number of methoxy groups -OCH3 is 2. The summed E-state index contributed by atoms with van der Waals surface area (Å²) in [7, 11) is -0.866. The second kappa shape index (κ2) is 10.8. The number of sulfonamides is 1. The molecule has 0 aliphatic carbocycles. The highest BCUT2D eigenvalue weighted by atomic mass is 35.5. The van der Waals surface area contributed by atoms with Crippen molar-refractivity contribution in [2.75, 3.05) is 46.2 Å². The Bertz CT molecular complexity index is 1040. The maximum atomic E-state index is 13.2. The van der Waals surface area contributed by atoms with Gasteiger partial charge < -0.3 is 14.4 Å². The number of carbonyl (C=O) groups excluding carboxylic acids is 1. The van der Waals surface area contributed by atoms with Crippen molar-refractivity contribution in [1.29, 1.82) is 0 Å². The lowest BCUT2D eigenvalue weighted by molar-refractivity contribution is -0.129. The summed E-state index contributed by atoms with van der Waals surface area (Å²) in [6, 6.07) is 12.3. The minimum absolute atomic E-state index is 0.00632. The highest BCUT2D eigenvalue weighted by molar-refractivity contribution is 8.00. The first-order valence-electron chi connectivity index (χ1n) is 10.1. The van der Waals surface area contributed by atoms with E-state index in [9.17, 15) is 13.2 Å². The minimum atomic E-state index is -3.78. The first-order valence-corrected chi connectivity index (χ1v) is 13.0. The van der Waals surface area contributed by atoms with Crippen molar-refractivity contribution in [2.45, 2.75) is 17.1 Å². The average Bonchev–Trinajstić information content (AvgIpc) is 2.82. The Morgan fingerprint density at radius 2 is 1.72 bits per heavy atom. The number of halogens is 1. The van der Waals surface area contributed by atoms with Crippen LogP contribution in [0, 0.1) is 0 Å². The second-order valence-corrected chi connectivity index (χ2v) is 11.0. The van der Waals surface area contributed by atoms with Gasteiger partial charge in [-0.05, 0) is 36.8 Å². The number of benzene rings is 2. The highest BCUT2D eigenvalue weighted by Crippen LogP contribution is 2.32. The van der Waals surface area contributed by atoms with Crippen molar-refractivity contribution < 1.29 is 22.7 Å². The highest BCUT2D eigenvalue weighted by Gasteiger charge is 2.32. The van der Waals surface area contributed by atoms with Crippen LogP contribution in [0.5, 0.6) is 11.5 Å². The molecule has 7 nitrogen and oxygen atoms in total. The van der Waals surface area contributed by atoms with E-state index in [2.05, 4.69) is 0 Å². The third-order valence-electron chi connectivity index (χ3n) is 5.38. The molecular weight excluding hydrogens is 472 g/mol. The molecule has 1 amide bonds. The van der Waals surface area contributed by atoms with Gasteiger partial charge >= 0.3 is 0 Å². The molecule has 0 spiro atoms. The molecule has 3 rings (SSSR count). The van der Waals surface area contributed by atoms with Gasteiger partial charge in [-0.2, -0.15) is 4.31 Å². The van der Waals surface area contributed by atoms with E-state index < -0.39 is 10.0 Å². The second-order valence-electron chi connectivity index (χ2n) is 7.31. The van der Waals surface area contributed by atoms with Crippen molar-refractivity contribution in [2.24, 2.45) is 0 Å². The maximum Gasteiger partial charge on any atom is 0.247 e. The van der Waals surface area contributed by atoms with Crippen molar-refractivity contribution in [3.05, 3.63) is 53.1 Å². The van der Waals surface area contributed by atoms with Crippen LogP contribution >= 0.6 is 23.4 Å². The molecule has 1 heterocycles. The zero-order valence-electron chi connectivity index (χ0n) is 18.3. The zero-order chi connectivity index (χ0) is 23.3. The van der Waals surface area contributed by atoms with Gasteiger partial charge in [-0.3, -0.25) is 4.79 Å². The van der Waals surface area contributed by atoms with Gasteiger partial charge in [0.1, 0.15) is 16.4 Å². The molecule has 2 aromatic carbocycles. The molecule has 32 heavy (non-hydrogen) atoms. The molecule has 174 valence electrons. The van der Waals surface area contributed by atoms with Gasteiger partial charge in [0.15, 0.2) is 0 Å². The van der Waals surface area contributed by atoms with E-state index in [4.69, 9.17) is 21.1 Å². The minimum Gasteiger partial charge on any atom is -0.497 e. The van der Waals surface area contributed by atoms with E-state index in [1.165, 1.54) is 24.6 Å². The third-order valence-corrected chi connectivity index (χ3v) is 8.73. The fraction of sp³-hybridized carbons (Fsp3) is 0.409. The van der Waals surface area contributed by atoms with Gasteiger partial charge in [-0.15, -0.1) is 11.8 Å². The number of hydrogen-bond acceptors (Lipinski definition) is 6. The summed E-state index contributed by atoms with van der Waals surface area (Å²) in [6.07, 6.45) is 0. The predicted octanol–water partition coefficient (Wildman–Crippen LogP) is 3.68. The quantitative estimate of drug-likeness (QED) is 0.552. The summed E-state index contributed by atoms with van der Waals surface area (Å²) < 4.78 is 38.2. The first-order chi connectivity index (χ1) is 15.3. The van der Waals surface area contributed by atoms with Crippen LogP contribution in [-0.4, -0.2) is 69.7 Å². The smallest absolute Gasteiger partial charge is 0.247 e. The molecule has 0 N–H and O–H groups in total. The van der Waals surface area contributed by atoms with Gasteiger partial charge in [0.2, 0.25) is 15.9 Å². The number of thioether (sulfide) groups is 1. The summed E-state index contributed by atoms with van der Waals surface area (Å²) in [5.74, 6) is 1.04. The summed E-state index contributed by atoms with van der Waals surface area (Å²) in [6.45, 7) is 3.20. The molecule has 1 aliphatic rings. The molecule has 0 radical (unpaired) electrons. The molecule has 0 saturated carbocycles. The van der Waals surface area contributed by atoms with Gasteiger partial charge in [0.25, 0.3) is 0 Å². The summed E-state index contributed by atoms with van der Waals surface area (Å²) in [5, 5.41) is 0.833. The van der Waals surface area contributed by atoms with E-state index in [1.54, 1.807) is 28.8 Å². The lowest BCUT2D eigenvalue weighted by atomic mass is 10.2. The number of carbonyl (C=O) groups is 1. The van der Waals surface area contributed by atoms with Crippen LogP contribution in [0.15, 0.2) is 47.4 Å². The Morgan fingerprint density at radius 1 is 1.06 bits per heavy atom. The van der Waals surface area contributed by atoms with E-state index >= 15 is 0 Å². The molecule has 2 aromatic rings. The summed E-state index contributed by atoms with van der Waals surface area (Å²) >= 11 is 7.49. The van der Waals surface area contributed by atoms with Gasteiger partial charge in [-0.1, -0.05) is 23.7 Å². The van der Waals surface area contributed by atoms with Crippen LogP contribution in [0.3, 0.4) is 0 Å². The first kappa shape index (κ1) is 24.7. The van der Waals surface area contributed by atoms with Gasteiger partial charge in [0, 0.05) is 42.5 Å². The molecule has 10 heteroatoms. The maximum absolute atomic E-state index is 13.2. The van der Waals surface area contributed by atoms with Crippen LogP contribution in [0.4, 0.5) is 0 Å². The Balaban J connectivity index is 1.58. The molecule has 0 bridgehead atoms. The number of rotatable bonds is 8. The molecule has 1 aliphatic heterocycles. The Morgan fingerprint density at radius 3 is 2.31 bits per heavy atom.